The van der Waals surface area contributed by atoms with E-state index < -0.39 is 21.2 Å². The van der Waals surface area contributed by atoms with Crippen molar-refractivity contribution in [2.24, 2.45) is 0 Å². The van der Waals surface area contributed by atoms with E-state index in [-0.39, 0.29) is 17.5 Å². The van der Waals surface area contributed by atoms with Gasteiger partial charge in [0.25, 0.3) is 0 Å². The highest BCUT2D eigenvalue weighted by molar-refractivity contribution is 7.92. The van der Waals surface area contributed by atoms with Gasteiger partial charge in [0.05, 0.1) is 24.2 Å². The van der Waals surface area contributed by atoms with Crippen LogP contribution in [0.4, 0.5) is 0 Å². The lowest BCUT2D eigenvalue weighted by molar-refractivity contribution is 0.0598. The Kier molecular flexibility index (Phi) is 6.85. The molecule has 6 nitrogen and oxygen atoms in total. The first-order chi connectivity index (χ1) is 15.4. The van der Waals surface area contributed by atoms with Gasteiger partial charge in [-0.15, -0.1) is 12.6 Å². The first kappa shape index (κ1) is 22.8. The Bertz CT molecular complexity index is 1240. The normalized spacial score (nSPS) is 17.4. The molecule has 1 fully saturated rings. The molecule has 1 heterocycles. The van der Waals surface area contributed by atoms with Gasteiger partial charge >= 0.3 is 5.97 Å². The number of hydrogen-bond acceptors (Lipinski definition) is 7. The van der Waals surface area contributed by atoms with Crippen molar-refractivity contribution in [2.75, 3.05) is 13.7 Å². The molecule has 3 aromatic rings. The molecule has 0 aliphatic carbocycles. The highest BCUT2D eigenvalue weighted by Gasteiger charge is 2.37. The number of ether oxygens (including phenoxy) is 2. The number of rotatable bonds is 7. The molecule has 0 amide bonds. The van der Waals surface area contributed by atoms with E-state index in [1.807, 2.05) is 24.3 Å². The quantitative estimate of drug-likeness (QED) is 0.401. The zero-order valence-electron chi connectivity index (χ0n) is 17.7. The van der Waals surface area contributed by atoms with E-state index >= 15 is 0 Å². The molecule has 168 valence electrons. The fourth-order valence-electron chi connectivity index (χ4n) is 4.01. The summed E-state index contributed by atoms with van der Waals surface area (Å²) in [6.07, 6.45) is 1.58. The smallest absolute Gasteiger partial charge is 0.337 e. The molecular formula is C24H25NO5S2. The largest absolute Gasteiger partial charge is 0.465 e. The molecule has 4 rings (SSSR count). The summed E-state index contributed by atoms with van der Waals surface area (Å²) < 4.78 is 38.2. The van der Waals surface area contributed by atoms with Gasteiger partial charge in [-0.05, 0) is 60.0 Å². The summed E-state index contributed by atoms with van der Waals surface area (Å²) in [6.45, 7) is 0.793. The SMILES string of the molecule is COC(=O)c1cccc(COC(C2CCCN2)S(=O)(=O)c2cc(S)c3ccccc3c2)c1. The van der Waals surface area contributed by atoms with Crippen LogP contribution >= 0.6 is 12.6 Å². The standard InChI is InChI=1S/C24H25NO5S2/c1-29-23(26)18-8-4-6-16(12-18)15-30-24(21-10-5-11-25-21)32(27,28)19-13-17-7-2-3-9-20(17)22(31)14-19/h2-4,6-9,12-14,21,24-25,31H,5,10-11,15H2,1H3. The number of sulfone groups is 1. The van der Waals surface area contributed by atoms with Gasteiger partial charge in [-0.3, -0.25) is 0 Å². The molecular weight excluding hydrogens is 446 g/mol. The summed E-state index contributed by atoms with van der Waals surface area (Å²) in [7, 11) is -2.51. The third-order valence-corrected chi connectivity index (χ3v) is 7.98. The van der Waals surface area contributed by atoms with Crippen molar-refractivity contribution in [3.05, 3.63) is 71.8 Å². The number of thiol groups is 1. The fourth-order valence-corrected chi connectivity index (χ4v) is 6.20. The maximum Gasteiger partial charge on any atom is 0.337 e. The van der Waals surface area contributed by atoms with Crippen LogP contribution < -0.4 is 5.32 Å². The van der Waals surface area contributed by atoms with Crippen molar-refractivity contribution in [3.63, 3.8) is 0 Å². The third-order valence-electron chi connectivity index (χ3n) is 5.64. The first-order valence-electron chi connectivity index (χ1n) is 10.4. The summed E-state index contributed by atoms with van der Waals surface area (Å²) in [4.78, 5) is 12.6. The van der Waals surface area contributed by atoms with Crippen LogP contribution in [0.1, 0.15) is 28.8 Å². The fraction of sp³-hybridized carbons (Fsp3) is 0.292. The molecule has 2 unspecified atom stereocenters. The number of carbonyl (C=O) groups excluding carboxylic acids is 1. The predicted molar refractivity (Wildman–Crippen MR) is 126 cm³/mol. The Morgan fingerprint density at radius 2 is 1.97 bits per heavy atom. The van der Waals surface area contributed by atoms with Crippen LogP contribution in [0.5, 0.6) is 0 Å². The lowest BCUT2D eigenvalue weighted by Gasteiger charge is -2.25. The van der Waals surface area contributed by atoms with Crippen LogP contribution in [0.3, 0.4) is 0 Å². The van der Waals surface area contributed by atoms with Gasteiger partial charge < -0.3 is 14.8 Å². The van der Waals surface area contributed by atoms with Crippen LogP contribution in [-0.4, -0.2) is 39.5 Å². The molecule has 1 saturated heterocycles. The van der Waals surface area contributed by atoms with Gasteiger partial charge in [0.2, 0.25) is 9.84 Å². The molecule has 0 aromatic heterocycles. The predicted octanol–water partition coefficient (Wildman–Crippen LogP) is 3.98. The molecule has 1 N–H and O–H groups in total. The van der Waals surface area contributed by atoms with E-state index in [4.69, 9.17) is 9.47 Å². The van der Waals surface area contributed by atoms with Crippen LogP contribution in [-0.2, 0) is 25.9 Å². The van der Waals surface area contributed by atoms with Gasteiger partial charge in [0, 0.05) is 10.9 Å². The number of benzene rings is 3. The topological polar surface area (TPSA) is 81.7 Å². The minimum atomic E-state index is -3.82. The lowest BCUT2D eigenvalue weighted by atomic mass is 10.1. The van der Waals surface area contributed by atoms with Crippen LogP contribution in [0.15, 0.2) is 70.5 Å². The molecule has 32 heavy (non-hydrogen) atoms. The van der Waals surface area contributed by atoms with Gasteiger partial charge in [-0.1, -0.05) is 36.4 Å². The number of hydrogen-bond donors (Lipinski definition) is 2. The Morgan fingerprint density at radius 1 is 1.16 bits per heavy atom. The number of esters is 1. The average molecular weight is 472 g/mol. The average Bonchev–Trinajstić information content (AvgIpc) is 3.33. The van der Waals surface area contributed by atoms with E-state index in [2.05, 4.69) is 17.9 Å². The molecule has 3 aromatic carbocycles. The van der Waals surface area contributed by atoms with Crippen LogP contribution in [0, 0.1) is 0 Å². The number of fused-ring (bicyclic) bond motifs is 1. The summed E-state index contributed by atoms with van der Waals surface area (Å²) in [5, 5.41) is 4.96. The second kappa shape index (κ2) is 9.62. The van der Waals surface area contributed by atoms with E-state index in [1.165, 1.54) is 7.11 Å². The molecule has 1 aliphatic heterocycles. The second-order valence-corrected chi connectivity index (χ2v) is 10.3. The lowest BCUT2D eigenvalue weighted by Crippen LogP contribution is -2.42. The minimum Gasteiger partial charge on any atom is -0.465 e. The highest BCUT2D eigenvalue weighted by atomic mass is 32.2. The van der Waals surface area contributed by atoms with Crippen LogP contribution in [0.25, 0.3) is 10.8 Å². The maximum absolute atomic E-state index is 13.7. The van der Waals surface area contributed by atoms with Crippen molar-refractivity contribution in [1.29, 1.82) is 0 Å². The van der Waals surface area contributed by atoms with Crippen LogP contribution in [0.2, 0.25) is 0 Å². The molecule has 0 radical (unpaired) electrons. The highest BCUT2D eigenvalue weighted by Crippen LogP contribution is 2.31. The molecule has 1 aliphatic rings. The minimum absolute atomic E-state index is 0.0498. The number of nitrogens with one attached hydrogen (secondary N) is 1. The van der Waals surface area contributed by atoms with Crippen molar-refractivity contribution >= 4 is 39.2 Å². The van der Waals surface area contributed by atoms with Gasteiger partial charge in [-0.25, -0.2) is 13.2 Å². The zero-order valence-corrected chi connectivity index (χ0v) is 19.4. The number of carbonyl (C=O) groups is 1. The Morgan fingerprint density at radius 3 is 2.72 bits per heavy atom. The Balaban J connectivity index is 1.65. The third kappa shape index (κ3) is 4.68. The van der Waals surface area contributed by atoms with Gasteiger partial charge in [-0.2, -0.15) is 0 Å². The molecule has 8 heteroatoms. The number of methoxy groups -OCH3 is 1. The van der Waals surface area contributed by atoms with E-state index in [0.717, 1.165) is 23.7 Å². The molecule has 0 spiro atoms. The Labute approximate surface area is 193 Å². The molecule has 2 atom stereocenters. The summed E-state index contributed by atoms with van der Waals surface area (Å²) in [5.74, 6) is -0.453. The van der Waals surface area contributed by atoms with Crippen molar-refractivity contribution in [1.82, 2.24) is 5.32 Å². The zero-order chi connectivity index (χ0) is 22.7. The second-order valence-electron chi connectivity index (χ2n) is 7.78. The first-order valence-corrected chi connectivity index (χ1v) is 12.4. The summed E-state index contributed by atoms with van der Waals surface area (Å²) in [6, 6.07) is 17.3. The summed E-state index contributed by atoms with van der Waals surface area (Å²) >= 11 is 4.51. The Hall–Kier alpha value is -2.39. The summed E-state index contributed by atoms with van der Waals surface area (Å²) in [5.41, 5.74) is 0.0152. The van der Waals surface area contributed by atoms with E-state index in [9.17, 15) is 13.2 Å². The van der Waals surface area contributed by atoms with Gasteiger partial charge in [0.15, 0.2) is 5.44 Å². The molecule has 0 saturated carbocycles. The monoisotopic (exact) mass is 471 g/mol. The van der Waals surface area contributed by atoms with Crippen molar-refractivity contribution in [2.45, 2.75) is 40.7 Å². The van der Waals surface area contributed by atoms with E-state index in [0.29, 0.717) is 22.4 Å². The van der Waals surface area contributed by atoms with Gasteiger partial charge in [0.1, 0.15) is 0 Å². The molecule has 0 bridgehead atoms. The van der Waals surface area contributed by atoms with Crippen molar-refractivity contribution in [3.8, 4) is 0 Å². The van der Waals surface area contributed by atoms with Crippen molar-refractivity contribution < 1.29 is 22.7 Å². The van der Waals surface area contributed by atoms with E-state index in [1.54, 1.807) is 36.4 Å². The maximum atomic E-state index is 13.7.